The summed E-state index contributed by atoms with van der Waals surface area (Å²) < 4.78 is 32.3. The summed E-state index contributed by atoms with van der Waals surface area (Å²) in [5.41, 5.74) is 6.00. The minimum absolute atomic E-state index is 0.0681. The van der Waals surface area contributed by atoms with Crippen LogP contribution in [0.4, 0.5) is 8.78 Å². The van der Waals surface area contributed by atoms with Gasteiger partial charge in [-0.1, -0.05) is 0 Å². The quantitative estimate of drug-likeness (QED) is 0.803. The molecule has 1 aliphatic heterocycles. The Morgan fingerprint density at radius 3 is 2.88 bits per heavy atom. The van der Waals surface area contributed by atoms with Crippen molar-refractivity contribution in [2.45, 2.75) is 18.9 Å². The average Bonchev–Trinajstić information content (AvgIpc) is 2.28. The molecule has 0 amide bonds. The van der Waals surface area contributed by atoms with Crippen LogP contribution in [0.25, 0.3) is 0 Å². The largest absolute Gasteiger partial charge is 0.493 e. The number of rotatable bonds is 2. The lowest BCUT2D eigenvalue weighted by molar-refractivity contribution is 0.247. The average molecular weight is 229 g/mol. The summed E-state index contributed by atoms with van der Waals surface area (Å²) in [5, 5.41) is 8.94. The van der Waals surface area contributed by atoms with Gasteiger partial charge in [0, 0.05) is 17.2 Å². The third-order valence-electron chi connectivity index (χ3n) is 2.70. The van der Waals surface area contributed by atoms with Crippen molar-refractivity contribution >= 4 is 0 Å². The Morgan fingerprint density at radius 1 is 1.44 bits per heavy atom. The van der Waals surface area contributed by atoms with Gasteiger partial charge in [-0.05, 0) is 12.8 Å². The zero-order valence-electron chi connectivity index (χ0n) is 8.67. The minimum Gasteiger partial charge on any atom is -0.493 e. The molecule has 0 spiro atoms. The van der Waals surface area contributed by atoms with Crippen LogP contribution in [0.3, 0.4) is 0 Å². The van der Waals surface area contributed by atoms with Crippen LogP contribution in [-0.4, -0.2) is 18.3 Å². The second-order valence-electron chi connectivity index (χ2n) is 3.80. The van der Waals surface area contributed by atoms with E-state index in [0.29, 0.717) is 25.0 Å². The number of hydrogen-bond acceptors (Lipinski definition) is 3. The Hall–Kier alpha value is -1.20. The number of hydrogen-bond donors (Lipinski definition) is 2. The first-order chi connectivity index (χ1) is 7.65. The Kier molecular flexibility index (Phi) is 3.07. The number of fused-ring (bicyclic) bond motifs is 1. The molecule has 0 fully saturated rings. The maximum atomic E-state index is 13.6. The Labute approximate surface area is 91.8 Å². The molecule has 0 aliphatic carbocycles. The molecule has 3 nitrogen and oxygen atoms in total. The molecule has 1 unspecified atom stereocenters. The molecule has 1 heterocycles. The van der Waals surface area contributed by atoms with Crippen molar-refractivity contribution < 1.29 is 18.6 Å². The molecule has 0 saturated carbocycles. The molecule has 1 aromatic rings. The van der Waals surface area contributed by atoms with Gasteiger partial charge in [-0.25, -0.2) is 8.78 Å². The highest BCUT2D eigenvalue weighted by molar-refractivity contribution is 5.46. The van der Waals surface area contributed by atoms with E-state index in [1.807, 2.05) is 0 Å². The topological polar surface area (TPSA) is 55.5 Å². The minimum atomic E-state index is -0.882. The SMILES string of the molecule is NC(CO)c1c(F)cc(F)c2c1OCCC2. The van der Waals surface area contributed by atoms with Gasteiger partial charge in [0.15, 0.2) is 0 Å². The molecular formula is C11H13F2NO2. The molecule has 0 bridgehead atoms. The molecule has 88 valence electrons. The molecule has 3 N–H and O–H groups in total. The van der Waals surface area contributed by atoms with Crippen molar-refractivity contribution in [1.29, 1.82) is 0 Å². The van der Waals surface area contributed by atoms with E-state index in [4.69, 9.17) is 15.6 Å². The van der Waals surface area contributed by atoms with Crippen molar-refractivity contribution in [3.63, 3.8) is 0 Å². The van der Waals surface area contributed by atoms with E-state index in [9.17, 15) is 8.78 Å². The Balaban J connectivity index is 2.58. The lowest BCUT2D eigenvalue weighted by Gasteiger charge is -2.23. The first-order valence-electron chi connectivity index (χ1n) is 5.15. The van der Waals surface area contributed by atoms with Crippen LogP contribution in [0, 0.1) is 11.6 Å². The van der Waals surface area contributed by atoms with E-state index in [0.717, 1.165) is 6.07 Å². The Bertz CT molecular complexity index is 409. The van der Waals surface area contributed by atoms with E-state index in [1.165, 1.54) is 0 Å². The van der Waals surface area contributed by atoms with E-state index in [2.05, 4.69) is 0 Å². The second-order valence-corrected chi connectivity index (χ2v) is 3.80. The van der Waals surface area contributed by atoms with Gasteiger partial charge in [-0.15, -0.1) is 0 Å². The van der Waals surface area contributed by atoms with Crippen molar-refractivity contribution in [3.05, 3.63) is 28.8 Å². The van der Waals surface area contributed by atoms with Crippen LogP contribution in [0.5, 0.6) is 5.75 Å². The van der Waals surface area contributed by atoms with Crippen LogP contribution in [0.15, 0.2) is 6.07 Å². The van der Waals surface area contributed by atoms with Gasteiger partial charge in [0.2, 0.25) is 0 Å². The van der Waals surface area contributed by atoms with Gasteiger partial charge in [0.25, 0.3) is 0 Å². The van der Waals surface area contributed by atoms with Gasteiger partial charge >= 0.3 is 0 Å². The highest BCUT2D eigenvalue weighted by Gasteiger charge is 2.25. The molecule has 5 heteroatoms. The lowest BCUT2D eigenvalue weighted by atomic mass is 9.97. The monoisotopic (exact) mass is 229 g/mol. The molecular weight excluding hydrogens is 216 g/mol. The molecule has 1 aliphatic rings. The van der Waals surface area contributed by atoms with Crippen LogP contribution < -0.4 is 10.5 Å². The molecule has 0 aromatic heterocycles. The predicted octanol–water partition coefficient (Wildman–Crippen LogP) is 1.28. The summed E-state index contributed by atoms with van der Waals surface area (Å²) in [6, 6.07) is -0.0781. The summed E-state index contributed by atoms with van der Waals surface area (Å²) in [6.45, 7) is 0.0133. The zero-order chi connectivity index (χ0) is 11.7. The van der Waals surface area contributed by atoms with E-state index >= 15 is 0 Å². The first-order valence-corrected chi connectivity index (χ1v) is 5.15. The fraction of sp³-hybridized carbons (Fsp3) is 0.455. The van der Waals surface area contributed by atoms with Gasteiger partial charge in [-0.2, -0.15) is 0 Å². The summed E-state index contributed by atoms with van der Waals surface area (Å²) in [4.78, 5) is 0. The molecule has 1 aromatic carbocycles. The smallest absolute Gasteiger partial charge is 0.134 e. The van der Waals surface area contributed by atoms with Crippen molar-refractivity contribution in [2.24, 2.45) is 5.73 Å². The fourth-order valence-corrected chi connectivity index (χ4v) is 1.91. The summed E-state index contributed by atoms with van der Waals surface area (Å²) in [7, 11) is 0. The predicted molar refractivity (Wildman–Crippen MR) is 54.2 cm³/mol. The van der Waals surface area contributed by atoms with Crippen LogP contribution in [-0.2, 0) is 6.42 Å². The van der Waals surface area contributed by atoms with Crippen LogP contribution in [0.2, 0.25) is 0 Å². The number of nitrogens with two attached hydrogens (primary N) is 1. The molecule has 1 atom stereocenters. The van der Waals surface area contributed by atoms with Crippen LogP contribution in [0.1, 0.15) is 23.6 Å². The maximum absolute atomic E-state index is 13.6. The number of aliphatic hydroxyl groups is 1. The summed E-state index contributed by atoms with van der Waals surface area (Å²) in [6.07, 6.45) is 1.20. The van der Waals surface area contributed by atoms with E-state index < -0.39 is 24.3 Å². The van der Waals surface area contributed by atoms with Crippen molar-refractivity contribution in [1.82, 2.24) is 0 Å². The fourth-order valence-electron chi connectivity index (χ4n) is 1.91. The molecule has 0 saturated heterocycles. The molecule has 16 heavy (non-hydrogen) atoms. The van der Waals surface area contributed by atoms with Crippen molar-refractivity contribution in [3.8, 4) is 5.75 Å². The zero-order valence-corrected chi connectivity index (χ0v) is 8.67. The van der Waals surface area contributed by atoms with Crippen LogP contribution >= 0.6 is 0 Å². The number of aliphatic hydroxyl groups excluding tert-OH is 1. The lowest BCUT2D eigenvalue weighted by Crippen LogP contribution is -2.21. The molecule has 0 radical (unpaired) electrons. The second kappa shape index (κ2) is 4.35. The number of benzene rings is 1. The first kappa shape index (κ1) is 11.3. The third kappa shape index (κ3) is 1.76. The highest BCUT2D eigenvalue weighted by atomic mass is 19.1. The number of halogens is 2. The maximum Gasteiger partial charge on any atom is 0.134 e. The Morgan fingerprint density at radius 2 is 2.19 bits per heavy atom. The summed E-state index contributed by atoms with van der Waals surface area (Å²) >= 11 is 0. The third-order valence-corrected chi connectivity index (χ3v) is 2.70. The van der Waals surface area contributed by atoms with E-state index in [1.54, 1.807) is 0 Å². The van der Waals surface area contributed by atoms with Gasteiger partial charge in [-0.3, -0.25) is 0 Å². The normalized spacial score (nSPS) is 16.5. The van der Waals surface area contributed by atoms with E-state index in [-0.39, 0.29) is 11.3 Å². The van der Waals surface area contributed by atoms with Gasteiger partial charge in [0.1, 0.15) is 17.4 Å². The van der Waals surface area contributed by atoms with Crippen molar-refractivity contribution in [2.75, 3.05) is 13.2 Å². The summed E-state index contributed by atoms with van der Waals surface area (Å²) in [5.74, 6) is -1.20. The standard InChI is InChI=1S/C11H13F2NO2/c12-7-4-8(13)10(9(14)5-15)11-6(7)2-1-3-16-11/h4,9,15H,1-3,5,14H2. The van der Waals surface area contributed by atoms with Gasteiger partial charge in [0.05, 0.1) is 19.3 Å². The highest BCUT2D eigenvalue weighted by Crippen LogP contribution is 2.35. The number of ether oxygens (including phenoxy) is 1. The molecule has 2 rings (SSSR count). The van der Waals surface area contributed by atoms with Gasteiger partial charge < -0.3 is 15.6 Å².